The van der Waals surface area contributed by atoms with Gasteiger partial charge in [0, 0.05) is 19.6 Å². The number of methoxy groups -OCH3 is 2. The summed E-state index contributed by atoms with van der Waals surface area (Å²) >= 11 is 0. The van der Waals surface area contributed by atoms with Crippen LogP contribution in [-0.4, -0.2) is 38.2 Å². The first-order valence-electron chi connectivity index (χ1n) is 6.98. The Hall–Kier alpha value is -1.91. The molecule has 5 nitrogen and oxygen atoms in total. The highest BCUT2D eigenvalue weighted by atomic mass is 16.5. The van der Waals surface area contributed by atoms with E-state index in [1.54, 1.807) is 14.2 Å². The number of hydrogen-bond donors (Lipinski definition) is 1. The lowest BCUT2D eigenvalue weighted by Crippen LogP contribution is -2.41. The molecule has 0 saturated heterocycles. The van der Waals surface area contributed by atoms with Gasteiger partial charge in [-0.1, -0.05) is 6.92 Å². The molecule has 0 spiro atoms. The fourth-order valence-electron chi connectivity index (χ4n) is 2.41. The fourth-order valence-corrected chi connectivity index (χ4v) is 2.41. The number of nitrogens with zero attached hydrogens (tertiary/aromatic N) is 2. The van der Waals surface area contributed by atoms with E-state index in [-0.39, 0.29) is 0 Å². The molecule has 1 aliphatic heterocycles. The van der Waals surface area contributed by atoms with Crippen molar-refractivity contribution >= 4 is 5.96 Å². The summed E-state index contributed by atoms with van der Waals surface area (Å²) in [6.45, 7) is 4.54. The van der Waals surface area contributed by atoms with Crippen LogP contribution in [0, 0.1) is 0 Å². The number of nitrogens with two attached hydrogens (primary N) is 1. The first-order chi connectivity index (χ1) is 9.69. The third-order valence-electron chi connectivity index (χ3n) is 3.54. The van der Waals surface area contributed by atoms with Gasteiger partial charge in [-0.3, -0.25) is 4.99 Å². The van der Waals surface area contributed by atoms with Crippen LogP contribution in [0.4, 0.5) is 0 Å². The Kier molecular flexibility index (Phi) is 4.71. The summed E-state index contributed by atoms with van der Waals surface area (Å²) in [7, 11) is 3.32. The normalized spacial score (nSPS) is 14.9. The van der Waals surface area contributed by atoms with E-state index in [4.69, 9.17) is 15.2 Å². The largest absolute Gasteiger partial charge is 0.493 e. The number of rotatable bonds is 4. The van der Waals surface area contributed by atoms with Crippen LogP contribution in [0.3, 0.4) is 0 Å². The van der Waals surface area contributed by atoms with E-state index in [1.165, 1.54) is 11.1 Å². The van der Waals surface area contributed by atoms with Crippen molar-refractivity contribution in [1.29, 1.82) is 0 Å². The highest BCUT2D eigenvalue weighted by Gasteiger charge is 2.20. The Bertz CT molecular complexity index is 500. The molecule has 0 amide bonds. The Morgan fingerprint density at radius 1 is 1.25 bits per heavy atom. The molecule has 0 aromatic heterocycles. The molecule has 1 aromatic rings. The summed E-state index contributed by atoms with van der Waals surface area (Å²) in [5.41, 5.74) is 8.56. The number of aliphatic imine (C=N–C) groups is 1. The Morgan fingerprint density at radius 2 is 1.90 bits per heavy atom. The third kappa shape index (κ3) is 2.98. The van der Waals surface area contributed by atoms with Crippen LogP contribution in [0.5, 0.6) is 11.5 Å². The summed E-state index contributed by atoms with van der Waals surface area (Å²) in [6, 6.07) is 4.10. The van der Waals surface area contributed by atoms with Gasteiger partial charge in [0.15, 0.2) is 17.5 Å². The van der Waals surface area contributed by atoms with Crippen LogP contribution in [0.1, 0.15) is 24.5 Å². The lowest BCUT2D eigenvalue weighted by atomic mass is 9.99. The van der Waals surface area contributed by atoms with Crippen LogP contribution in [0.2, 0.25) is 0 Å². The van der Waals surface area contributed by atoms with Gasteiger partial charge in [-0.15, -0.1) is 0 Å². The number of benzene rings is 1. The second-order valence-corrected chi connectivity index (χ2v) is 4.89. The van der Waals surface area contributed by atoms with Crippen molar-refractivity contribution in [2.75, 3.05) is 27.3 Å². The molecule has 1 heterocycles. The van der Waals surface area contributed by atoms with Gasteiger partial charge in [-0.05, 0) is 36.1 Å². The van der Waals surface area contributed by atoms with Crippen LogP contribution < -0.4 is 15.2 Å². The van der Waals surface area contributed by atoms with Gasteiger partial charge >= 0.3 is 0 Å². The van der Waals surface area contributed by atoms with Crippen molar-refractivity contribution in [3.63, 3.8) is 0 Å². The lowest BCUT2D eigenvalue weighted by molar-refractivity contribution is 0.347. The number of fused-ring (bicyclic) bond motifs is 1. The molecule has 1 aliphatic rings. The highest BCUT2D eigenvalue weighted by Crippen LogP contribution is 2.33. The molecule has 2 N–H and O–H groups in total. The molecule has 0 atom stereocenters. The maximum Gasteiger partial charge on any atom is 0.191 e. The molecule has 2 rings (SSSR count). The molecule has 1 aromatic carbocycles. The molecular formula is C15H23N3O2. The van der Waals surface area contributed by atoms with Gasteiger partial charge in [-0.2, -0.15) is 0 Å². The highest BCUT2D eigenvalue weighted by molar-refractivity contribution is 5.78. The number of hydrogen-bond acceptors (Lipinski definition) is 3. The summed E-state index contributed by atoms with van der Waals surface area (Å²) in [6.07, 6.45) is 1.95. The SMILES string of the molecule is CCCN=C(N)N1CCc2cc(OC)c(OC)cc2C1. The lowest BCUT2D eigenvalue weighted by Gasteiger charge is -2.30. The maximum absolute atomic E-state index is 6.04. The van der Waals surface area contributed by atoms with Gasteiger partial charge in [0.05, 0.1) is 14.2 Å². The number of ether oxygens (including phenoxy) is 2. The zero-order chi connectivity index (χ0) is 14.5. The molecular weight excluding hydrogens is 254 g/mol. The first kappa shape index (κ1) is 14.5. The molecule has 0 aliphatic carbocycles. The summed E-state index contributed by atoms with van der Waals surface area (Å²) in [5, 5.41) is 0. The summed E-state index contributed by atoms with van der Waals surface area (Å²) in [5.74, 6) is 2.18. The average molecular weight is 277 g/mol. The monoisotopic (exact) mass is 277 g/mol. The molecule has 110 valence electrons. The molecule has 5 heteroatoms. The van der Waals surface area contributed by atoms with E-state index in [0.29, 0.717) is 5.96 Å². The van der Waals surface area contributed by atoms with E-state index in [9.17, 15) is 0 Å². The van der Waals surface area contributed by atoms with E-state index >= 15 is 0 Å². The van der Waals surface area contributed by atoms with Crippen molar-refractivity contribution in [3.8, 4) is 11.5 Å². The van der Waals surface area contributed by atoms with E-state index in [2.05, 4.69) is 22.9 Å². The van der Waals surface area contributed by atoms with Crippen LogP contribution in [-0.2, 0) is 13.0 Å². The predicted molar refractivity (Wildman–Crippen MR) is 80.4 cm³/mol. The van der Waals surface area contributed by atoms with E-state index < -0.39 is 0 Å². The molecule has 20 heavy (non-hydrogen) atoms. The molecule has 0 fully saturated rings. The summed E-state index contributed by atoms with van der Waals surface area (Å²) in [4.78, 5) is 6.49. The van der Waals surface area contributed by atoms with Crippen molar-refractivity contribution in [3.05, 3.63) is 23.3 Å². The van der Waals surface area contributed by atoms with Crippen LogP contribution >= 0.6 is 0 Å². The predicted octanol–water partition coefficient (Wildman–Crippen LogP) is 1.79. The Labute approximate surface area is 120 Å². The smallest absolute Gasteiger partial charge is 0.191 e. The first-order valence-corrected chi connectivity index (χ1v) is 6.98. The molecule has 0 radical (unpaired) electrons. The molecule has 0 saturated carbocycles. The molecule has 0 unspecified atom stereocenters. The molecule has 0 bridgehead atoms. The van der Waals surface area contributed by atoms with Crippen molar-refractivity contribution in [2.24, 2.45) is 10.7 Å². The number of guanidine groups is 1. The van der Waals surface area contributed by atoms with Gasteiger partial charge in [0.1, 0.15) is 0 Å². The van der Waals surface area contributed by atoms with Gasteiger partial charge in [-0.25, -0.2) is 0 Å². The van der Waals surface area contributed by atoms with Crippen LogP contribution in [0.25, 0.3) is 0 Å². The fraction of sp³-hybridized carbons (Fsp3) is 0.533. The standard InChI is InChI=1S/C15H23N3O2/c1-4-6-17-15(16)18-7-5-11-8-13(19-2)14(20-3)9-12(11)10-18/h8-9H,4-7,10H2,1-3H3,(H2,16,17). The zero-order valence-corrected chi connectivity index (χ0v) is 12.5. The summed E-state index contributed by atoms with van der Waals surface area (Å²) < 4.78 is 10.7. The second-order valence-electron chi connectivity index (χ2n) is 4.89. The van der Waals surface area contributed by atoms with Gasteiger partial charge in [0.2, 0.25) is 0 Å². The average Bonchev–Trinajstić information content (AvgIpc) is 2.50. The topological polar surface area (TPSA) is 60.1 Å². The maximum atomic E-state index is 6.04. The van der Waals surface area contributed by atoms with Gasteiger partial charge < -0.3 is 20.1 Å². The van der Waals surface area contributed by atoms with Crippen molar-refractivity contribution in [2.45, 2.75) is 26.3 Å². The van der Waals surface area contributed by atoms with Crippen molar-refractivity contribution < 1.29 is 9.47 Å². The van der Waals surface area contributed by atoms with Gasteiger partial charge in [0.25, 0.3) is 0 Å². The minimum absolute atomic E-state index is 0.632. The second kappa shape index (κ2) is 6.50. The zero-order valence-electron chi connectivity index (χ0n) is 12.5. The minimum atomic E-state index is 0.632. The van der Waals surface area contributed by atoms with E-state index in [1.807, 2.05) is 6.07 Å². The quantitative estimate of drug-likeness (QED) is 0.673. The minimum Gasteiger partial charge on any atom is -0.493 e. The Balaban J connectivity index is 2.21. The van der Waals surface area contributed by atoms with Crippen LogP contribution in [0.15, 0.2) is 17.1 Å². The van der Waals surface area contributed by atoms with E-state index in [0.717, 1.165) is 44.0 Å². The van der Waals surface area contributed by atoms with Crippen molar-refractivity contribution in [1.82, 2.24) is 4.90 Å². The third-order valence-corrected chi connectivity index (χ3v) is 3.54. The Morgan fingerprint density at radius 3 is 2.50 bits per heavy atom.